The van der Waals surface area contributed by atoms with E-state index in [0.29, 0.717) is 30.0 Å². The van der Waals surface area contributed by atoms with Crippen LogP contribution in [0.4, 0.5) is 0 Å². The number of carbonyl (C=O) groups is 1. The van der Waals surface area contributed by atoms with E-state index in [1.807, 2.05) is 12.1 Å². The first kappa shape index (κ1) is 14.0. The Hall–Kier alpha value is -1.92. The van der Waals surface area contributed by atoms with Crippen molar-refractivity contribution in [3.05, 3.63) is 35.1 Å². The molecule has 1 amide bonds. The molecule has 0 aliphatic carbocycles. The van der Waals surface area contributed by atoms with Crippen molar-refractivity contribution in [2.75, 3.05) is 13.2 Å². The fourth-order valence-electron chi connectivity index (χ4n) is 2.12. The molecule has 1 aliphatic rings. The molecule has 1 saturated heterocycles. The first-order chi connectivity index (χ1) is 10.2. The number of hydrogen-bond acceptors (Lipinski definition) is 5. The van der Waals surface area contributed by atoms with Crippen LogP contribution in [0.3, 0.4) is 0 Å². The van der Waals surface area contributed by atoms with Crippen LogP contribution in [0.1, 0.15) is 12.2 Å². The number of rotatable bonds is 4. The van der Waals surface area contributed by atoms with Gasteiger partial charge in [-0.25, -0.2) is 0 Å². The summed E-state index contributed by atoms with van der Waals surface area (Å²) >= 11 is 5.92. The van der Waals surface area contributed by atoms with Crippen LogP contribution < -0.4 is 5.32 Å². The molecule has 1 fully saturated rings. The normalized spacial score (nSPS) is 17.9. The number of amides is 1. The molecule has 1 unspecified atom stereocenters. The van der Waals surface area contributed by atoms with Crippen LogP contribution in [0.5, 0.6) is 0 Å². The zero-order chi connectivity index (χ0) is 14.7. The lowest BCUT2D eigenvalue weighted by molar-refractivity contribution is -0.125. The number of aromatic nitrogens is 2. The van der Waals surface area contributed by atoms with Crippen molar-refractivity contribution in [1.82, 2.24) is 15.5 Å². The number of ether oxygens (including phenoxy) is 1. The highest BCUT2D eigenvalue weighted by Gasteiger charge is 2.23. The van der Waals surface area contributed by atoms with Crippen LogP contribution in [0.2, 0.25) is 5.02 Å². The SMILES string of the molecule is O=C(NCc1noc(-c2cccc(Cl)c2)n1)C1CCOC1. The average molecular weight is 308 g/mol. The molecule has 2 heterocycles. The van der Waals surface area contributed by atoms with Gasteiger partial charge < -0.3 is 14.6 Å². The monoisotopic (exact) mass is 307 g/mol. The van der Waals surface area contributed by atoms with E-state index in [0.717, 1.165) is 12.0 Å². The number of carbonyl (C=O) groups excluding carboxylic acids is 1. The van der Waals surface area contributed by atoms with E-state index in [9.17, 15) is 4.79 Å². The van der Waals surface area contributed by atoms with Crippen LogP contribution >= 0.6 is 11.6 Å². The first-order valence-electron chi connectivity index (χ1n) is 6.66. The fraction of sp³-hybridized carbons (Fsp3) is 0.357. The van der Waals surface area contributed by atoms with Gasteiger partial charge in [0.2, 0.25) is 5.91 Å². The third-order valence-electron chi connectivity index (χ3n) is 3.26. The van der Waals surface area contributed by atoms with Crippen molar-refractivity contribution in [1.29, 1.82) is 0 Å². The van der Waals surface area contributed by atoms with Gasteiger partial charge in [0, 0.05) is 17.2 Å². The second-order valence-corrected chi connectivity index (χ2v) is 5.24. The maximum absolute atomic E-state index is 11.8. The average Bonchev–Trinajstić information content (AvgIpc) is 3.16. The standard InChI is InChI=1S/C14H14ClN3O3/c15-11-3-1-2-9(6-11)14-17-12(18-21-14)7-16-13(19)10-4-5-20-8-10/h1-3,6,10H,4-5,7-8H2,(H,16,19). The maximum Gasteiger partial charge on any atom is 0.258 e. The lowest BCUT2D eigenvalue weighted by Crippen LogP contribution is -2.30. The summed E-state index contributed by atoms with van der Waals surface area (Å²) in [4.78, 5) is 16.1. The lowest BCUT2D eigenvalue weighted by Gasteiger charge is -2.06. The minimum Gasteiger partial charge on any atom is -0.381 e. The van der Waals surface area contributed by atoms with Crippen molar-refractivity contribution in [2.45, 2.75) is 13.0 Å². The first-order valence-corrected chi connectivity index (χ1v) is 7.04. The van der Waals surface area contributed by atoms with Gasteiger partial charge in [0.25, 0.3) is 5.89 Å². The van der Waals surface area contributed by atoms with Gasteiger partial charge >= 0.3 is 0 Å². The highest BCUT2D eigenvalue weighted by molar-refractivity contribution is 6.30. The molecule has 0 radical (unpaired) electrons. The van der Waals surface area contributed by atoms with Crippen molar-refractivity contribution in [2.24, 2.45) is 5.92 Å². The second kappa shape index (κ2) is 6.24. The summed E-state index contributed by atoms with van der Waals surface area (Å²) < 4.78 is 10.3. The largest absolute Gasteiger partial charge is 0.381 e. The van der Waals surface area contributed by atoms with Gasteiger partial charge in [0.15, 0.2) is 5.82 Å². The molecule has 0 saturated carbocycles. The Morgan fingerprint density at radius 3 is 3.14 bits per heavy atom. The molecule has 0 bridgehead atoms. The van der Waals surface area contributed by atoms with E-state index in [-0.39, 0.29) is 18.4 Å². The summed E-state index contributed by atoms with van der Waals surface area (Å²) in [5.41, 5.74) is 0.747. The third-order valence-corrected chi connectivity index (χ3v) is 3.50. The van der Waals surface area contributed by atoms with Crippen molar-refractivity contribution >= 4 is 17.5 Å². The van der Waals surface area contributed by atoms with Crippen molar-refractivity contribution in [3.8, 4) is 11.5 Å². The van der Waals surface area contributed by atoms with Crippen LogP contribution in [-0.4, -0.2) is 29.3 Å². The number of hydrogen-bond donors (Lipinski definition) is 1. The molecule has 1 atom stereocenters. The molecule has 1 aromatic carbocycles. The zero-order valence-electron chi connectivity index (χ0n) is 11.2. The highest BCUT2D eigenvalue weighted by atomic mass is 35.5. The topological polar surface area (TPSA) is 77.3 Å². The number of benzene rings is 1. The molecule has 1 aromatic heterocycles. The van der Waals surface area contributed by atoms with E-state index in [1.165, 1.54) is 0 Å². The second-order valence-electron chi connectivity index (χ2n) is 4.80. The Morgan fingerprint density at radius 2 is 2.38 bits per heavy atom. The summed E-state index contributed by atoms with van der Waals surface area (Å²) in [5.74, 6) is 0.689. The van der Waals surface area contributed by atoms with Gasteiger partial charge in [-0.15, -0.1) is 0 Å². The molecule has 7 heteroatoms. The van der Waals surface area contributed by atoms with Crippen LogP contribution in [0.25, 0.3) is 11.5 Å². The molecule has 2 aromatic rings. The minimum absolute atomic E-state index is 0.0402. The molecule has 21 heavy (non-hydrogen) atoms. The van der Waals surface area contributed by atoms with E-state index >= 15 is 0 Å². The fourth-order valence-corrected chi connectivity index (χ4v) is 2.31. The number of halogens is 1. The van der Waals surface area contributed by atoms with Crippen LogP contribution in [0.15, 0.2) is 28.8 Å². The maximum atomic E-state index is 11.8. The zero-order valence-corrected chi connectivity index (χ0v) is 12.0. The third kappa shape index (κ3) is 3.40. The Bertz CT molecular complexity index is 638. The van der Waals surface area contributed by atoms with Crippen molar-refractivity contribution < 1.29 is 14.1 Å². The smallest absolute Gasteiger partial charge is 0.258 e. The summed E-state index contributed by atoms with van der Waals surface area (Å²) in [7, 11) is 0. The van der Waals surface area contributed by atoms with Crippen LogP contribution in [-0.2, 0) is 16.1 Å². The molecule has 110 valence electrons. The minimum atomic E-state index is -0.0794. The summed E-state index contributed by atoms with van der Waals surface area (Å²) in [6.07, 6.45) is 0.756. The highest BCUT2D eigenvalue weighted by Crippen LogP contribution is 2.21. The molecule has 1 N–H and O–H groups in total. The molecular weight excluding hydrogens is 294 g/mol. The molecule has 1 aliphatic heterocycles. The van der Waals surface area contributed by atoms with Gasteiger partial charge in [-0.3, -0.25) is 4.79 Å². The lowest BCUT2D eigenvalue weighted by atomic mass is 10.1. The molecule has 0 spiro atoms. The Labute approximate surface area is 126 Å². The number of nitrogens with zero attached hydrogens (tertiary/aromatic N) is 2. The predicted molar refractivity (Wildman–Crippen MR) is 75.5 cm³/mol. The van der Waals surface area contributed by atoms with E-state index in [2.05, 4.69) is 15.5 Å². The van der Waals surface area contributed by atoms with Gasteiger partial charge in [-0.05, 0) is 24.6 Å². The molecular formula is C14H14ClN3O3. The number of nitrogens with one attached hydrogen (secondary N) is 1. The predicted octanol–water partition coefficient (Wildman–Crippen LogP) is 2.04. The Kier molecular flexibility index (Phi) is 4.17. The van der Waals surface area contributed by atoms with Gasteiger partial charge in [0.05, 0.1) is 19.1 Å². The van der Waals surface area contributed by atoms with Crippen LogP contribution in [0, 0.1) is 5.92 Å². The quantitative estimate of drug-likeness (QED) is 0.935. The van der Waals surface area contributed by atoms with E-state index in [4.69, 9.17) is 20.9 Å². The summed E-state index contributed by atoms with van der Waals surface area (Å²) in [6.45, 7) is 1.35. The van der Waals surface area contributed by atoms with E-state index < -0.39 is 0 Å². The summed E-state index contributed by atoms with van der Waals surface area (Å²) in [5, 5.41) is 7.23. The van der Waals surface area contributed by atoms with Gasteiger partial charge in [0.1, 0.15) is 0 Å². The van der Waals surface area contributed by atoms with Gasteiger partial charge in [-0.1, -0.05) is 22.8 Å². The van der Waals surface area contributed by atoms with Gasteiger partial charge in [-0.2, -0.15) is 4.98 Å². The Balaban J connectivity index is 1.61. The van der Waals surface area contributed by atoms with Crippen molar-refractivity contribution in [3.63, 3.8) is 0 Å². The Morgan fingerprint density at radius 1 is 1.48 bits per heavy atom. The summed E-state index contributed by atoms with van der Waals surface area (Å²) in [6, 6.07) is 7.15. The molecule has 3 rings (SSSR count). The molecule has 6 nitrogen and oxygen atoms in total. The van der Waals surface area contributed by atoms with E-state index in [1.54, 1.807) is 12.1 Å².